The molecule has 3 rings (SSSR count). The Kier molecular flexibility index (Phi) is 5.48. The van der Waals surface area contributed by atoms with Crippen molar-refractivity contribution >= 4 is 11.8 Å². The summed E-state index contributed by atoms with van der Waals surface area (Å²) in [5.74, 6) is 0.241. The van der Waals surface area contributed by atoms with E-state index in [4.69, 9.17) is 4.74 Å². The molecule has 0 bridgehead atoms. The Hall–Kier alpha value is -1.92. The Labute approximate surface area is 143 Å². The molecule has 0 aromatic heterocycles. The van der Waals surface area contributed by atoms with E-state index in [1.165, 1.54) is 0 Å². The first kappa shape index (κ1) is 16.9. The number of nitrogens with zero attached hydrogens (tertiary/aromatic N) is 3. The predicted octanol–water partition coefficient (Wildman–Crippen LogP) is 0.751. The van der Waals surface area contributed by atoms with E-state index in [1.54, 1.807) is 6.92 Å². The van der Waals surface area contributed by atoms with E-state index < -0.39 is 0 Å². The van der Waals surface area contributed by atoms with Gasteiger partial charge in [0.1, 0.15) is 0 Å². The van der Waals surface area contributed by atoms with Crippen LogP contribution in [-0.4, -0.2) is 79.0 Å². The second kappa shape index (κ2) is 7.77. The number of rotatable bonds is 3. The topological polar surface area (TPSA) is 53.1 Å². The van der Waals surface area contributed by atoms with E-state index >= 15 is 0 Å². The fourth-order valence-corrected chi connectivity index (χ4v) is 3.37. The molecule has 1 aromatic rings. The van der Waals surface area contributed by atoms with Crippen LogP contribution in [0.2, 0.25) is 0 Å². The summed E-state index contributed by atoms with van der Waals surface area (Å²) in [6, 6.07) is 10.2. The Morgan fingerprint density at radius 3 is 2.42 bits per heavy atom. The number of benzene rings is 1. The van der Waals surface area contributed by atoms with E-state index in [1.807, 2.05) is 28.0 Å². The normalized spacial score (nSPS) is 22.5. The van der Waals surface area contributed by atoms with Gasteiger partial charge in [-0.25, -0.2) is 0 Å². The van der Waals surface area contributed by atoms with Gasteiger partial charge in [-0.1, -0.05) is 30.3 Å². The summed E-state index contributed by atoms with van der Waals surface area (Å²) in [4.78, 5) is 30.3. The molecule has 2 heterocycles. The van der Waals surface area contributed by atoms with Crippen LogP contribution in [0.4, 0.5) is 0 Å². The van der Waals surface area contributed by atoms with Crippen molar-refractivity contribution in [2.45, 2.75) is 13.0 Å². The van der Waals surface area contributed by atoms with Crippen LogP contribution in [0.5, 0.6) is 0 Å². The molecule has 1 aromatic carbocycles. The lowest BCUT2D eigenvalue weighted by Gasteiger charge is -2.42. The summed E-state index contributed by atoms with van der Waals surface area (Å²) in [6.07, 6.45) is 0. The molecule has 130 valence electrons. The van der Waals surface area contributed by atoms with Crippen LogP contribution in [0.3, 0.4) is 0 Å². The third-order valence-electron chi connectivity index (χ3n) is 4.82. The number of morpholine rings is 1. The van der Waals surface area contributed by atoms with Gasteiger partial charge >= 0.3 is 0 Å². The zero-order chi connectivity index (χ0) is 16.9. The summed E-state index contributed by atoms with van der Waals surface area (Å²) < 4.78 is 5.32. The Bertz CT molecular complexity index is 572. The lowest BCUT2D eigenvalue weighted by molar-refractivity contribution is -0.139. The Balaban J connectivity index is 1.72. The van der Waals surface area contributed by atoms with E-state index in [0.717, 1.165) is 12.1 Å². The first-order valence-electron chi connectivity index (χ1n) is 8.55. The number of carbonyl (C=O) groups excluding carboxylic acids is 2. The van der Waals surface area contributed by atoms with Gasteiger partial charge in [-0.2, -0.15) is 0 Å². The molecular weight excluding hydrogens is 306 g/mol. The number of hydrogen-bond acceptors (Lipinski definition) is 4. The van der Waals surface area contributed by atoms with Gasteiger partial charge in [-0.3, -0.25) is 14.5 Å². The van der Waals surface area contributed by atoms with Crippen molar-refractivity contribution < 1.29 is 14.3 Å². The van der Waals surface area contributed by atoms with Crippen LogP contribution in [0.25, 0.3) is 0 Å². The first-order valence-corrected chi connectivity index (χ1v) is 8.55. The van der Waals surface area contributed by atoms with Crippen LogP contribution >= 0.6 is 0 Å². The molecule has 0 N–H and O–H groups in total. The summed E-state index contributed by atoms with van der Waals surface area (Å²) in [7, 11) is 0. The maximum Gasteiger partial charge on any atom is 0.236 e. The first-order chi connectivity index (χ1) is 11.6. The van der Waals surface area contributed by atoms with Gasteiger partial charge in [0, 0.05) is 39.6 Å². The van der Waals surface area contributed by atoms with Crippen molar-refractivity contribution in [3.63, 3.8) is 0 Å². The van der Waals surface area contributed by atoms with Crippen molar-refractivity contribution in [3.8, 4) is 0 Å². The summed E-state index contributed by atoms with van der Waals surface area (Å²) in [6.45, 7) is 6.60. The zero-order valence-corrected chi connectivity index (χ0v) is 14.2. The molecule has 0 unspecified atom stereocenters. The summed E-state index contributed by atoms with van der Waals surface area (Å²) in [5, 5.41) is 0. The zero-order valence-electron chi connectivity index (χ0n) is 14.2. The molecule has 0 spiro atoms. The molecular formula is C18H25N3O3. The lowest BCUT2D eigenvalue weighted by atomic mass is 10.0. The quantitative estimate of drug-likeness (QED) is 0.820. The lowest BCUT2D eigenvalue weighted by Crippen LogP contribution is -2.53. The highest BCUT2D eigenvalue weighted by Gasteiger charge is 2.31. The summed E-state index contributed by atoms with van der Waals surface area (Å²) in [5.41, 5.74) is 1.15. The Morgan fingerprint density at radius 2 is 1.75 bits per heavy atom. The number of amides is 2. The average Bonchev–Trinajstić information content (AvgIpc) is 2.63. The van der Waals surface area contributed by atoms with Crippen molar-refractivity contribution in [1.29, 1.82) is 0 Å². The molecule has 0 radical (unpaired) electrons. The highest BCUT2D eigenvalue weighted by molar-refractivity contribution is 5.78. The largest absolute Gasteiger partial charge is 0.378 e. The molecule has 2 fully saturated rings. The minimum atomic E-state index is 0.0637. The SMILES string of the molecule is CC(=O)N1CCN(CC(=O)N2CCOCC2)[C@@H](c2ccccc2)C1. The molecule has 2 amide bonds. The fourth-order valence-electron chi connectivity index (χ4n) is 3.37. The second-order valence-corrected chi connectivity index (χ2v) is 6.36. The van der Waals surface area contributed by atoms with E-state index in [2.05, 4.69) is 17.0 Å². The fraction of sp³-hybridized carbons (Fsp3) is 0.556. The van der Waals surface area contributed by atoms with Crippen molar-refractivity contribution in [3.05, 3.63) is 35.9 Å². The monoisotopic (exact) mass is 331 g/mol. The van der Waals surface area contributed by atoms with Gasteiger partial charge in [0.25, 0.3) is 0 Å². The van der Waals surface area contributed by atoms with Crippen molar-refractivity contribution in [2.24, 2.45) is 0 Å². The second-order valence-electron chi connectivity index (χ2n) is 6.36. The Morgan fingerprint density at radius 1 is 1.04 bits per heavy atom. The van der Waals surface area contributed by atoms with Crippen molar-refractivity contribution in [2.75, 3.05) is 52.5 Å². The molecule has 0 aliphatic carbocycles. The highest BCUT2D eigenvalue weighted by Crippen LogP contribution is 2.25. The number of carbonyl (C=O) groups is 2. The van der Waals surface area contributed by atoms with E-state index in [9.17, 15) is 9.59 Å². The van der Waals surface area contributed by atoms with Crippen molar-refractivity contribution in [1.82, 2.24) is 14.7 Å². The highest BCUT2D eigenvalue weighted by atomic mass is 16.5. The molecule has 2 aliphatic heterocycles. The maximum atomic E-state index is 12.6. The molecule has 1 atom stereocenters. The van der Waals surface area contributed by atoms with Crippen LogP contribution < -0.4 is 0 Å². The van der Waals surface area contributed by atoms with Gasteiger partial charge < -0.3 is 14.5 Å². The van der Waals surface area contributed by atoms with E-state index in [-0.39, 0.29) is 17.9 Å². The number of ether oxygens (including phenoxy) is 1. The van der Waals surface area contributed by atoms with E-state index in [0.29, 0.717) is 45.9 Å². The molecule has 6 nitrogen and oxygen atoms in total. The van der Waals surface area contributed by atoms with Gasteiger partial charge in [-0.05, 0) is 5.56 Å². The molecule has 0 saturated carbocycles. The van der Waals surface area contributed by atoms with Gasteiger partial charge in [0.2, 0.25) is 11.8 Å². The van der Waals surface area contributed by atoms with Crippen LogP contribution in [0.1, 0.15) is 18.5 Å². The minimum Gasteiger partial charge on any atom is -0.378 e. The number of hydrogen-bond donors (Lipinski definition) is 0. The maximum absolute atomic E-state index is 12.6. The molecule has 24 heavy (non-hydrogen) atoms. The number of piperazine rings is 1. The molecule has 6 heteroatoms. The van der Waals surface area contributed by atoms with Crippen LogP contribution in [0.15, 0.2) is 30.3 Å². The standard InChI is InChI=1S/C18H25N3O3/c1-15(22)20-7-8-21(14-18(23)19-9-11-24-12-10-19)17(13-20)16-5-3-2-4-6-16/h2-6,17H,7-14H2,1H3/t17-/m1/s1. The smallest absolute Gasteiger partial charge is 0.236 e. The predicted molar refractivity (Wildman–Crippen MR) is 90.4 cm³/mol. The average molecular weight is 331 g/mol. The third-order valence-corrected chi connectivity index (χ3v) is 4.82. The molecule has 2 saturated heterocycles. The van der Waals surface area contributed by atoms with Gasteiger partial charge in [0.05, 0.1) is 25.8 Å². The van der Waals surface area contributed by atoms with Crippen LogP contribution in [0, 0.1) is 0 Å². The van der Waals surface area contributed by atoms with Gasteiger partial charge in [-0.15, -0.1) is 0 Å². The minimum absolute atomic E-state index is 0.0637. The van der Waals surface area contributed by atoms with Crippen LogP contribution in [-0.2, 0) is 14.3 Å². The summed E-state index contributed by atoms with van der Waals surface area (Å²) >= 11 is 0. The third kappa shape index (κ3) is 3.94. The van der Waals surface area contributed by atoms with Gasteiger partial charge in [0.15, 0.2) is 0 Å². The molecule has 2 aliphatic rings.